The largest absolute Gasteiger partial charge is 3.00 e. The van der Waals surface area contributed by atoms with Gasteiger partial charge >= 0.3 is 63.9 Å². The van der Waals surface area contributed by atoms with Gasteiger partial charge in [0.15, 0.2) is 0 Å². The van der Waals surface area contributed by atoms with E-state index in [9.17, 15) is 0 Å². The van der Waals surface area contributed by atoms with Crippen LogP contribution in [-0.4, -0.2) is 23.1 Å². The van der Waals surface area contributed by atoms with Gasteiger partial charge in [0.05, 0.1) is 23.7 Å². The SMILES string of the molecule is ClOCl.[Cl-].[Cl-].[Cl-].[Cl-].[Cl-].[Mg+2].[Nd+3]. The van der Waals surface area contributed by atoms with Gasteiger partial charge in [0.1, 0.15) is 0 Å². The normalized spacial score (nSPS) is 1.80. The third-order valence-corrected chi connectivity index (χ3v) is 0. The second-order valence-electron chi connectivity index (χ2n) is 0.0583. The molecule has 0 saturated heterocycles. The van der Waals surface area contributed by atoms with E-state index in [-0.39, 0.29) is 126 Å². The molecule has 0 aliphatic carbocycles. The molecule has 0 unspecified atom stereocenters. The van der Waals surface area contributed by atoms with Gasteiger partial charge in [0, 0.05) is 0 Å². The topological polar surface area (TPSA) is 9.23 Å². The van der Waals surface area contributed by atoms with Crippen LogP contribution in [0.1, 0.15) is 0 Å². The monoisotopic (exact) mass is 427 g/mol. The average Bonchev–Trinajstić information content (AvgIpc) is 0.918. The molecule has 0 aromatic rings. The van der Waals surface area contributed by atoms with Crippen molar-refractivity contribution in [2.24, 2.45) is 0 Å². The summed E-state index contributed by atoms with van der Waals surface area (Å²) in [6.45, 7) is 0. The Labute approximate surface area is 151 Å². The van der Waals surface area contributed by atoms with Crippen molar-refractivity contribution >= 4 is 46.8 Å². The van der Waals surface area contributed by atoms with E-state index in [1.54, 1.807) is 0 Å². The van der Waals surface area contributed by atoms with Gasteiger partial charge in [-0.2, -0.15) is 3.84 Å². The minimum absolute atomic E-state index is 0. The molecule has 1 nitrogen and oxygen atoms in total. The molecule has 0 amide bonds. The van der Waals surface area contributed by atoms with Crippen molar-refractivity contribution in [3.8, 4) is 0 Å². The zero-order chi connectivity index (χ0) is 2.71. The van der Waals surface area contributed by atoms with E-state index in [0.29, 0.717) is 0 Å². The van der Waals surface area contributed by atoms with Gasteiger partial charge in [0.25, 0.3) is 0 Å². The predicted octanol–water partition coefficient (Wildman–Crippen LogP) is -14.1. The molecule has 0 bridgehead atoms. The molecule has 10 heteroatoms. The van der Waals surface area contributed by atoms with Crippen LogP contribution in [0.5, 0.6) is 0 Å². The summed E-state index contributed by atoms with van der Waals surface area (Å²) in [7, 11) is 0. The molecule has 1 radical (unpaired) electrons. The van der Waals surface area contributed by atoms with Crippen LogP contribution >= 0.6 is 23.7 Å². The van der Waals surface area contributed by atoms with E-state index in [0.717, 1.165) is 0 Å². The van der Waals surface area contributed by atoms with Crippen molar-refractivity contribution in [1.29, 1.82) is 0 Å². The molecule has 0 aliphatic rings. The minimum atomic E-state index is 0. The number of hydrogen-bond donors (Lipinski definition) is 0. The summed E-state index contributed by atoms with van der Waals surface area (Å²) >= 11 is 8.53. The number of halogens is 7. The van der Waals surface area contributed by atoms with Crippen LogP contribution in [0.2, 0.25) is 0 Å². The van der Waals surface area contributed by atoms with Crippen molar-refractivity contribution in [3.63, 3.8) is 0 Å². The van der Waals surface area contributed by atoms with E-state index < -0.39 is 0 Å². The van der Waals surface area contributed by atoms with E-state index in [4.69, 9.17) is 0 Å². The Morgan fingerprint density at radius 3 is 0.700 bits per heavy atom. The molecule has 0 aromatic carbocycles. The van der Waals surface area contributed by atoms with Crippen LogP contribution in [-0.2, 0) is 3.84 Å². The Hall–Kier alpha value is 4.11. The fourth-order valence-electron chi connectivity index (χ4n) is 0. The average molecular weight is 433 g/mol. The third kappa shape index (κ3) is 88.6. The Bertz CT molecular complexity index is 13.6. The van der Waals surface area contributed by atoms with Crippen molar-refractivity contribution in [3.05, 3.63) is 0 Å². The first-order valence-corrected chi connectivity index (χ1v) is 0.926. The Morgan fingerprint density at radius 2 is 0.700 bits per heavy atom. The van der Waals surface area contributed by atoms with Crippen LogP contribution in [0.4, 0.5) is 0 Å². The van der Waals surface area contributed by atoms with E-state index in [1.807, 2.05) is 0 Å². The Kier molecular flexibility index (Phi) is 479. The maximum Gasteiger partial charge on any atom is 3.00 e. The summed E-state index contributed by atoms with van der Waals surface area (Å²) in [5.74, 6) is 0. The Morgan fingerprint density at radius 1 is 0.700 bits per heavy atom. The maximum absolute atomic E-state index is 4.26. The summed E-state index contributed by atoms with van der Waals surface area (Å²) in [4.78, 5) is 0. The van der Waals surface area contributed by atoms with Crippen molar-refractivity contribution < 1.29 is 107 Å². The molecular weight excluding hydrogens is 433 g/mol. The Balaban J connectivity index is -0.000000000952. The minimum Gasteiger partial charge on any atom is -1.00 e. The summed E-state index contributed by atoms with van der Waals surface area (Å²) in [6, 6.07) is 0. The molecule has 0 aromatic heterocycles. The van der Waals surface area contributed by atoms with Gasteiger partial charge in [-0.3, -0.25) is 0 Å². The zero-order valence-electron chi connectivity index (χ0n) is 4.26. The summed E-state index contributed by atoms with van der Waals surface area (Å²) in [6.07, 6.45) is 0. The number of rotatable bonds is 0. The zero-order valence-corrected chi connectivity index (χ0v) is 14.2. The predicted molar refractivity (Wildman–Crippen MR) is 18.5 cm³/mol. The molecule has 0 spiro atoms. The van der Waals surface area contributed by atoms with E-state index in [2.05, 4.69) is 27.6 Å². The van der Waals surface area contributed by atoms with Crippen LogP contribution in [0.3, 0.4) is 0 Å². The van der Waals surface area contributed by atoms with Crippen LogP contribution in [0.15, 0.2) is 0 Å². The first-order valence-electron chi connectivity index (χ1n) is 0.309. The number of hydrogen-bond acceptors (Lipinski definition) is 1. The van der Waals surface area contributed by atoms with Crippen LogP contribution < -0.4 is 62.0 Å². The summed E-state index contributed by atoms with van der Waals surface area (Å²) in [5, 5.41) is 0. The standard InChI is InChI=1S/Cl2O.5ClH.Mg.Nd/c1-3-2;;;;;;;/h;5*1H;;/q;;;;;;+2;+3/p-5. The smallest absolute Gasteiger partial charge is 1.00 e. The quantitative estimate of drug-likeness (QED) is 0.346. The second-order valence-corrected chi connectivity index (χ2v) is 0.525. The molecule has 10 heavy (non-hydrogen) atoms. The van der Waals surface area contributed by atoms with Gasteiger partial charge in [-0.25, -0.2) is 0 Å². The molecule has 0 N–H and O–H groups in total. The van der Waals surface area contributed by atoms with E-state index >= 15 is 0 Å². The van der Waals surface area contributed by atoms with Crippen LogP contribution in [0.25, 0.3) is 0 Å². The first kappa shape index (κ1) is 65.0. The first-order chi connectivity index (χ1) is 1.41. The second kappa shape index (κ2) is 73.7. The molecule has 0 rings (SSSR count). The molecule has 0 atom stereocenters. The molecule has 0 fully saturated rings. The molecular formula is Cl7MgNdO. The van der Waals surface area contributed by atoms with Crippen molar-refractivity contribution in [2.45, 2.75) is 0 Å². The van der Waals surface area contributed by atoms with Gasteiger partial charge in [0.2, 0.25) is 0 Å². The third-order valence-electron chi connectivity index (χ3n) is 0. The van der Waals surface area contributed by atoms with Crippen LogP contribution in [0, 0.1) is 40.8 Å². The van der Waals surface area contributed by atoms with Gasteiger partial charge < -0.3 is 62.0 Å². The summed E-state index contributed by atoms with van der Waals surface area (Å²) in [5.41, 5.74) is 0. The maximum atomic E-state index is 4.26. The molecule has 0 aliphatic heterocycles. The summed E-state index contributed by atoms with van der Waals surface area (Å²) < 4.78 is 3.19. The van der Waals surface area contributed by atoms with Gasteiger partial charge in [-0.15, -0.1) is 0 Å². The van der Waals surface area contributed by atoms with Gasteiger partial charge in [-0.1, -0.05) is 0 Å². The molecule has 61 valence electrons. The van der Waals surface area contributed by atoms with E-state index in [1.165, 1.54) is 0 Å². The van der Waals surface area contributed by atoms with Crippen molar-refractivity contribution in [1.82, 2.24) is 0 Å². The van der Waals surface area contributed by atoms with Gasteiger partial charge in [-0.05, 0) is 0 Å². The molecule has 0 saturated carbocycles. The molecule has 0 heterocycles. The van der Waals surface area contributed by atoms with Crippen molar-refractivity contribution in [2.75, 3.05) is 0 Å². The fourth-order valence-corrected chi connectivity index (χ4v) is 0. The fraction of sp³-hybridized carbons (Fsp3) is 0.